The van der Waals surface area contributed by atoms with Crippen LogP contribution in [0.3, 0.4) is 0 Å². The Kier molecular flexibility index (Phi) is 5.22. The summed E-state index contributed by atoms with van der Waals surface area (Å²) in [5.74, 6) is 0. The number of rotatable bonds is 3. The third-order valence-corrected chi connectivity index (χ3v) is 5.11. The molecule has 1 aromatic heterocycles. The molecule has 2 rings (SSSR count). The zero-order valence-corrected chi connectivity index (χ0v) is 16.6. The molecule has 0 aromatic carbocycles. The molecule has 1 aliphatic carbocycles. The summed E-state index contributed by atoms with van der Waals surface area (Å²) in [4.78, 5) is 5.01. The normalized spacial score (nSPS) is 18.3. The second kappa shape index (κ2) is 6.70. The van der Waals surface area contributed by atoms with E-state index in [1.54, 1.807) is 0 Å². The molecule has 1 nitrogen and oxygen atoms in total. The summed E-state index contributed by atoms with van der Waals surface area (Å²) < 4.78 is 0. The summed E-state index contributed by atoms with van der Waals surface area (Å²) in [5.41, 5.74) is 8.01. The predicted octanol–water partition coefficient (Wildman–Crippen LogP) is 6.87. The molecule has 1 heterocycles. The highest BCUT2D eigenvalue weighted by Crippen LogP contribution is 2.39. The van der Waals surface area contributed by atoms with E-state index in [0.717, 1.165) is 29.8 Å². The van der Waals surface area contributed by atoms with Gasteiger partial charge in [0.1, 0.15) is 0 Å². The summed E-state index contributed by atoms with van der Waals surface area (Å²) in [6, 6.07) is 2.32. The minimum atomic E-state index is 0.112. The van der Waals surface area contributed by atoms with E-state index in [0.29, 0.717) is 5.41 Å². The van der Waals surface area contributed by atoms with Crippen LogP contribution in [0.2, 0.25) is 0 Å². The summed E-state index contributed by atoms with van der Waals surface area (Å²) in [7, 11) is 0. The van der Waals surface area contributed by atoms with Crippen LogP contribution in [0.25, 0.3) is 11.6 Å². The van der Waals surface area contributed by atoms with E-state index in [1.165, 1.54) is 23.1 Å². The van der Waals surface area contributed by atoms with Gasteiger partial charge in [-0.1, -0.05) is 53.3 Å². The third kappa shape index (κ3) is 4.26. The maximum absolute atomic E-state index is 5.01. The van der Waals surface area contributed by atoms with E-state index in [4.69, 9.17) is 4.98 Å². The van der Waals surface area contributed by atoms with Gasteiger partial charge in [-0.15, -0.1) is 0 Å². The van der Waals surface area contributed by atoms with Gasteiger partial charge in [0.05, 0.1) is 11.4 Å². The van der Waals surface area contributed by atoms with E-state index in [1.807, 2.05) is 6.08 Å². The van der Waals surface area contributed by atoms with Gasteiger partial charge >= 0.3 is 0 Å². The molecule has 0 spiro atoms. The molecule has 0 atom stereocenters. The predicted molar refractivity (Wildman–Crippen MR) is 107 cm³/mol. The Morgan fingerprint density at radius 3 is 2.46 bits per heavy atom. The van der Waals surface area contributed by atoms with Crippen LogP contribution in [0, 0.1) is 12.3 Å². The van der Waals surface area contributed by atoms with Gasteiger partial charge in [-0.3, -0.25) is 0 Å². The lowest BCUT2D eigenvalue weighted by Gasteiger charge is -2.29. The molecule has 0 unspecified atom stereocenters. The quantitative estimate of drug-likeness (QED) is 0.553. The highest BCUT2D eigenvalue weighted by atomic mass is 14.7. The van der Waals surface area contributed by atoms with Crippen LogP contribution in [0.4, 0.5) is 0 Å². The van der Waals surface area contributed by atoms with E-state index in [9.17, 15) is 0 Å². The topological polar surface area (TPSA) is 12.9 Å². The summed E-state index contributed by atoms with van der Waals surface area (Å²) in [5, 5.41) is 0. The third-order valence-electron chi connectivity index (χ3n) is 5.11. The number of pyridine rings is 1. The summed E-state index contributed by atoms with van der Waals surface area (Å²) in [6.45, 7) is 19.7. The van der Waals surface area contributed by atoms with Crippen molar-refractivity contribution in [2.75, 3.05) is 0 Å². The highest BCUT2D eigenvalue weighted by Gasteiger charge is 2.25. The standard InChI is InChI=1S/C23H33N/c1-9-16(2)14-20-17(3)19(22(4,5)6)15-21(24-20)18-10-12-23(7,8)13-11-18/h9-10,14-15H,1,11-13H2,2-8H3/b16-14-. The first-order chi connectivity index (χ1) is 11.0. The fourth-order valence-electron chi connectivity index (χ4n) is 3.30. The number of hydrogen-bond donors (Lipinski definition) is 0. The fourth-order valence-corrected chi connectivity index (χ4v) is 3.30. The summed E-state index contributed by atoms with van der Waals surface area (Å²) >= 11 is 0. The Labute approximate surface area is 148 Å². The van der Waals surface area contributed by atoms with Crippen molar-refractivity contribution in [1.29, 1.82) is 0 Å². The van der Waals surface area contributed by atoms with Crippen molar-refractivity contribution in [3.63, 3.8) is 0 Å². The van der Waals surface area contributed by atoms with E-state index in [2.05, 4.69) is 73.3 Å². The lowest BCUT2D eigenvalue weighted by molar-refractivity contribution is 0.334. The second-order valence-electron chi connectivity index (χ2n) is 9.01. The van der Waals surface area contributed by atoms with Gasteiger partial charge in [-0.05, 0) is 78.4 Å². The van der Waals surface area contributed by atoms with E-state index < -0.39 is 0 Å². The van der Waals surface area contributed by atoms with Crippen molar-refractivity contribution in [3.8, 4) is 0 Å². The molecule has 1 heteroatoms. The van der Waals surface area contributed by atoms with Crippen molar-refractivity contribution < 1.29 is 0 Å². The average molecular weight is 324 g/mol. The van der Waals surface area contributed by atoms with Crippen molar-refractivity contribution in [2.45, 2.75) is 73.1 Å². The number of hydrogen-bond acceptors (Lipinski definition) is 1. The zero-order chi connectivity index (χ0) is 18.1. The van der Waals surface area contributed by atoms with Crippen molar-refractivity contribution in [2.24, 2.45) is 5.41 Å². The van der Waals surface area contributed by atoms with Crippen molar-refractivity contribution in [3.05, 3.63) is 52.9 Å². The number of allylic oxidation sites excluding steroid dienone is 4. The maximum atomic E-state index is 5.01. The Morgan fingerprint density at radius 1 is 1.29 bits per heavy atom. The van der Waals surface area contributed by atoms with Gasteiger partial charge in [0.15, 0.2) is 0 Å². The van der Waals surface area contributed by atoms with Gasteiger partial charge in [-0.2, -0.15) is 0 Å². The highest BCUT2D eigenvalue weighted by molar-refractivity contribution is 5.68. The minimum absolute atomic E-state index is 0.112. The second-order valence-corrected chi connectivity index (χ2v) is 9.01. The molecule has 0 aliphatic heterocycles. The molecule has 24 heavy (non-hydrogen) atoms. The summed E-state index contributed by atoms with van der Waals surface area (Å²) in [6.07, 6.45) is 9.95. The molecule has 0 N–H and O–H groups in total. The van der Waals surface area contributed by atoms with Gasteiger partial charge in [-0.25, -0.2) is 4.98 Å². The van der Waals surface area contributed by atoms with Crippen LogP contribution in [-0.2, 0) is 5.41 Å². The van der Waals surface area contributed by atoms with Crippen LogP contribution in [-0.4, -0.2) is 4.98 Å². The fraction of sp³-hybridized carbons (Fsp3) is 0.522. The van der Waals surface area contributed by atoms with Crippen molar-refractivity contribution >= 4 is 11.6 Å². The minimum Gasteiger partial charge on any atom is -0.248 e. The monoisotopic (exact) mass is 323 g/mol. The molecule has 0 bridgehead atoms. The molecular weight excluding hydrogens is 290 g/mol. The first kappa shape index (κ1) is 18.7. The van der Waals surface area contributed by atoms with Crippen LogP contribution < -0.4 is 0 Å². The lowest BCUT2D eigenvalue weighted by Crippen LogP contribution is -2.17. The molecule has 1 aromatic rings. The molecule has 0 fully saturated rings. The van der Waals surface area contributed by atoms with Crippen LogP contribution >= 0.6 is 0 Å². The number of nitrogens with zero attached hydrogens (tertiary/aromatic N) is 1. The molecule has 0 saturated carbocycles. The Bertz CT molecular complexity index is 693. The van der Waals surface area contributed by atoms with E-state index >= 15 is 0 Å². The molecule has 0 saturated heterocycles. The molecular formula is C23H33N. The van der Waals surface area contributed by atoms with Gasteiger partial charge < -0.3 is 0 Å². The smallest absolute Gasteiger partial charge is 0.0671 e. The van der Waals surface area contributed by atoms with Crippen molar-refractivity contribution in [1.82, 2.24) is 4.98 Å². The Morgan fingerprint density at radius 2 is 1.96 bits per heavy atom. The molecule has 0 radical (unpaired) electrons. The first-order valence-corrected chi connectivity index (χ1v) is 9.06. The lowest BCUT2D eigenvalue weighted by atomic mass is 9.77. The zero-order valence-electron chi connectivity index (χ0n) is 16.6. The van der Waals surface area contributed by atoms with Gasteiger partial charge in [0.25, 0.3) is 0 Å². The molecule has 1 aliphatic rings. The Balaban J connectivity index is 2.59. The average Bonchev–Trinajstić information content (AvgIpc) is 2.48. The van der Waals surface area contributed by atoms with Gasteiger partial charge in [0, 0.05) is 0 Å². The van der Waals surface area contributed by atoms with E-state index in [-0.39, 0.29) is 5.41 Å². The van der Waals surface area contributed by atoms with Crippen LogP contribution in [0.15, 0.2) is 30.4 Å². The first-order valence-electron chi connectivity index (χ1n) is 9.06. The van der Waals surface area contributed by atoms with Gasteiger partial charge in [0.2, 0.25) is 0 Å². The largest absolute Gasteiger partial charge is 0.248 e. The Hall–Kier alpha value is -1.63. The SMILES string of the molecule is C=C/C(C)=C\c1nc(C2=CCC(C)(C)CC2)cc(C(C)(C)C)c1C. The van der Waals surface area contributed by atoms with Crippen LogP contribution in [0.5, 0.6) is 0 Å². The van der Waals surface area contributed by atoms with Crippen LogP contribution in [0.1, 0.15) is 83.3 Å². The maximum Gasteiger partial charge on any atom is 0.0671 e. The number of aromatic nitrogens is 1. The molecule has 130 valence electrons. The molecule has 0 amide bonds.